The second-order valence-corrected chi connectivity index (χ2v) is 5.35. The average molecular weight is 319 g/mol. The van der Waals surface area contributed by atoms with Crippen LogP contribution >= 0.6 is 15.9 Å². The molecule has 3 N–H and O–H groups in total. The third-order valence-corrected chi connectivity index (χ3v) is 3.21. The zero-order chi connectivity index (χ0) is 13.8. The Morgan fingerprint density at radius 3 is 2.74 bits per heavy atom. The number of aryl methyl sites for hydroxylation is 1. The zero-order valence-corrected chi connectivity index (χ0v) is 12.2. The van der Waals surface area contributed by atoms with Crippen LogP contribution in [-0.4, -0.2) is 5.91 Å². The summed E-state index contributed by atoms with van der Waals surface area (Å²) in [5.74, 6) is -0.403. The SMILES string of the molecule is Cc1cc(Br)cc(NCc2cccc(C(N)=O)c2)c1. The third kappa shape index (κ3) is 3.83. The molecule has 19 heavy (non-hydrogen) atoms. The Kier molecular flexibility index (Phi) is 4.22. The van der Waals surface area contributed by atoms with Gasteiger partial charge in [0.2, 0.25) is 5.91 Å². The smallest absolute Gasteiger partial charge is 0.248 e. The first-order valence-electron chi connectivity index (χ1n) is 5.94. The molecule has 0 unspecified atom stereocenters. The highest BCUT2D eigenvalue weighted by Crippen LogP contribution is 2.19. The lowest BCUT2D eigenvalue weighted by atomic mass is 10.1. The van der Waals surface area contributed by atoms with Gasteiger partial charge in [-0.3, -0.25) is 4.79 Å². The largest absolute Gasteiger partial charge is 0.381 e. The van der Waals surface area contributed by atoms with E-state index in [1.807, 2.05) is 25.1 Å². The molecule has 0 aliphatic heterocycles. The van der Waals surface area contributed by atoms with Crippen LogP contribution in [0, 0.1) is 6.92 Å². The van der Waals surface area contributed by atoms with Gasteiger partial charge in [0.15, 0.2) is 0 Å². The summed E-state index contributed by atoms with van der Waals surface area (Å²) in [5.41, 5.74) is 9.04. The molecule has 1 amide bonds. The molecule has 2 aromatic carbocycles. The van der Waals surface area contributed by atoms with Crippen molar-refractivity contribution in [3.63, 3.8) is 0 Å². The number of hydrogen-bond donors (Lipinski definition) is 2. The normalized spacial score (nSPS) is 10.2. The minimum Gasteiger partial charge on any atom is -0.381 e. The average Bonchev–Trinajstić information content (AvgIpc) is 2.35. The van der Waals surface area contributed by atoms with E-state index in [1.165, 1.54) is 5.56 Å². The molecule has 0 aliphatic carbocycles. The van der Waals surface area contributed by atoms with Crippen molar-refractivity contribution < 1.29 is 4.79 Å². The second kappa shape index (κ2) is 5.89. The van der Waals surface area contributed by atoms with Gasteiger partial charge in [-0.25, -0.2) is 0 Å². The number of hydrogen-bond acceptors (Lipinski definition) is 2. The topological polar surface area (TPSA) is 55.1 Å². The molecule has 0 saturated carbocycles. The van der Waals surface area contributed by atoms with Crippen LogP contribution < -0.4 is 11.1 Å². The first-order valence-corrected chi connectivity index (χ1v) is 6.74. The monoisotopic (exact) mass is 318 g/mol. The van der Waals surface area contributed by atoms with E-state index in [4.69, 9.17) is 5.73 Å². The van der Waals surface area contributed by atoms with Crippen LogP contribution in [0.5, 0.6) is 0 Å². The summed E-state index contributed by atoms with van der Waals surface area (Å²) in [4.78, 5) is 11.1. The van der Waals surface area contributed by atoms with Gasteiger partial charge in [0.05, 0.1) is 0 Å². The molecule has 2 aromatic rings. The van der Waals surface area contributed by atoms with Gasteiger partial charge in [0.1, 0.15) is 0 Å². The van der Waals surface area contributed by atoms with Crippen LogP contribution in [0.15, 0.2) is 46.9 Å². The van der Waals surface area contributed by atoms with Crippen molar-refractivity contribution in [1.29, 1.82) is 0 Å². The van der Waals surface area contributed by atoms with Crippen molar-refractivity contribution in [3.8, 4) is 0 Å². The second-order valence-electron chi connectivity index (χ2n) is 4.44. The predicted octanol–water partition coefficient (Wildman–Crippen LogP) is 3.47. The van der Waals surface area contributed by atoms with E-state index in [-0.39, 0.29) is 0 Å². The van der Waals surface area contributed by atoms with E-state index >= 15 is 0 Å². The fourth-order valence-corrected chi connectivity index (χ4v) is 2.48. The number of rotatable bonds is 4. The van der Waals surface area contributed by atoms with E-state index in [1.54, 1.807) is 12.1 Å². The highest BCUT2D eigenvalue weighted by molar-refractivity contribution is 9.10. The van der Waals surface area contributed by atoms with E-state index in [0.717, 1.165) is 15.7 Å². The van der Waals surface area contributed by atoms with Gasteiger partial charge in [-0.05, 0) is 48.4 Å². The summed E-state index contributed by atoms with van der Waals surface area (Å²) in [7, 11) is 0. The highest BCUT2D eigenvalue weighted by atomic mass is 79.9. The van der Waals surface area contributed by atoms with Crippen molar-refractivity contribution in [1.82, 2.24) is 0 Å². The number of carbonyl (C=O) groups is 1. The van der Waals surface area contributed by atoms with Gasteiger partial charge in [-0.15, -0.1) is 0 Å². The Labute approximate surface area is 121 Å². The Balaban J connectivity index is 2.10. The molecule has 0 atom stereocenters. The number of carbonyl (C=O) groups excluding carboxylic acids is 1. The highest BCUT2D eigenvalue weighted by Gasteiger charge is 2.02. The molecule has 0 aliphatic rings. The molecule has 3 nitrogen and oxygen atoms in total. The summed E-state index contributed by atoms with van der Waals surface area (Å²) in [6.45, 7) is 2.70. The van der Waals surface area contributed by atoms with Crippen molar-refractivity contribution >= 4 is 27.5 Å². The number of nitrogens with two attached hydrogens (primary N) is 1. The summed E-state index contributed by atoms with van der Waals surface area (Å²) >= 11 is 3.47. The molecule has 0 bridgehead atoms. The number of primary amides is 1. The van der Waals surface area contributed by atoms with Gasteiger partial charge < -0.3 is 11.1 Å². The number of nitrogens with one attached hydrogen (secondary N) is 1. The van der Waals surface area contributed by atoms with E-state index < -0.39 is 5.91 Å². The van der Waals surface area contributed by atoms with Gasteiger partial charge in [-0.1, -0.05) is 28.1 Å². The lowest BCUT2D eigenvalue weighted by Gasteiger charge is -2.09. The summed E-state index contributed by atoms with van der Waals surface area (Å²) < 4.78 is 1.04. The molecule has 0 spiro atoms. The van der Waals surface area contributed by atoms with Crippen molar-refractivity contribution in [2.45, 2.75) is 13.5 Å². The first kappa shape index (κ1) is 13.6. The fraction of sp³-hybridized carbons (Fsp3) is 0.133. The van der Waals surface area contributed by atoms with Gasteiger partial charge >= 0.3 is 0 Å². The van der Waals surface area contributed by atoms with Crippen LogP contribution in [0.3, 0.4) is 0 Å². The maximum absolute atomic E-state index is 11.1. The van der Waals surface area contributed by atoms with Gasteiger partial charge in [0.25, 0.3) is 0 Å². The summed E-state index contributed by atoms with van der Waals surface area (Å²) in [6.07, 6.45) is 0. The van der Waals surface area contributed by atoms with E-state index in [0.29, 0.717) is 12.1 Å². The molecule has 4 heteroatoms. The quantitative estimate of drug-likeness (QED) is 0.906. The number of anilines is 1. The summed E-state index contributed by atoms with van der Waals surface area (Å²) in [5, 5.41) is 3.33. The maximum Gasteiger partial charge on any atom is 0.248 e. The van der Waals surface area contributed by atoms with Crippen molar-refractivity contribution in [2.75, 3.05) is 5.32 Å². The van der Waals surface area contributed by atoms with Crippen molar-refractivity contribution in [2.24, 2.45) is 5.73 Å². The lowest BCUT2D eigenvalue weighted by Crippen LogP contribution is -2.11. The molecule has 0 aromatic heterocycles. The van der Waals surface area contributed by atoms with E-state index in [2.05, 4.69) is 33.4 Å². The lowest BCUT2D eigenvalue weighted by molar-refractivity contribution is 0.1000. The standard InChI is InChI=1S/C15H15BrN2O/c1-10-5-13(16)8-14(6-10)18-9-11-3-2-4-12(7-11)15(17)19/h2-8,18H,9H2,1H3,(H2,17,19). The summed E-state index contributed by atoms with van der Waals surface area (Å²) in [6, 6.07) is 13.5. The van der Waals surface area contributed by atoms with Gasteiger partial charge in [-0.2, -0.15) is 0 Å². The van der Waals surface area contributed by atoms with Crippen LogP contribution in [0.25, 0.3) is 0 Å². The Hall–Kier alpha value is -1.81. The molecule has 2 rings (SSSR count). The number of halogens is 1. The van der Waals surface area contributed by atoms with Crippen LogP contribution in [0.4, 0.5) is 5.69 Å². The van der Waals surface area contributed by atoms with Crippen LogP contribution in [0.1, 0.15) is 21.5 Å². The van der Waals surface area contributed by atoms with Crippen LogP contribution in [-0.2, 0) is 6.54 Å². The minimum atomic E-state index is -0.403. The molecule has 0 heterocycles. The van der Waals surface area contributed by atoms with Gasteiger partial charge in [0, 0.05) is 22.3 Å². The predicted molar refractivity (Wildman–Crippen MR) is 81.2 cm³/mol. The van der Waals surface area contributed by atoms with Crippen LogP contribution in [0.2, 0.25) is 0 Å². The van der Waals surface area contributed by atoms with E-state index in [9.17, 15) is 4.79 Å². The molecule has 0 fully saturated rings. The number of benzene rings is 2. The first-order chi connectivity index (χ1) is 9.04. The molecule has 98 valence electrons. The Morgan fingerprint density at radius 2 is 2.05 bits per heavy atom. The molecule has 0 radical (unpaired) electrons. The Bertz CT molecular complexity index is 591. The Morgan fingerprint density at radius 1 is 1.26 bits per heavy atom. The minimum absolute atomic E-state index is 0.403. The molecular formula is C15H15BrN2O. The molecule has 0 saturated heterocycles. The third-order valence-electron chi connectivity index (χ3n) is 2.75. The molecular weight excluding hydrogens is 304 g/mol. The zero-order valence-electron chi connectivity index (χ0n) is 10.6. The number of amides is 1. The maximum atomic E-state index is 11.1. The van der Waals surface area contributed by atoms with Crippen molar-refractivity contribution in [3.05, 3.63) is 63.6 Å². The fourth-order valence-electron chi connectivity index (χ4n) is 1.88.